The van der Waals surface area contributed by atoms with Gasteiger partial charge >= 0.3 is 0 Å². The lowest BCUT2D eigenvalue weighted by molar-refractivity contribution is 0.0996. The first-order valence-corrected chi connectivity index (χ1v) is 7.28. The Bertz CT molecular complexity index is 363. The van der Waals surface area contributed by atoms with E-state index in [1.165, 1.54) is 18.4 Å². The second kappa shape index (κ2) is 7.13. The van der Waals surface area contributed by atoms with Crippen molar-refractivity contribution >= 4 is 11.6 Å². The van der Waals surface area contributed by atoms with Gasteiger partial charge in [0, 0.05) is 17.7 Å². The Morgan fingerprint density at radius 3 is 3.06 bits per heavy atom. The standard InChI is InChI=1S/C15H22ClNO/c1-2-17-15(9-8-14-7-4-10-18-14)12-5-3-6-13(16)11-12/h3,5-6,11,14-15,17H,2,4,7-10H2,1H3. The zero-order valence-electron chi connectivity index (χ0n) is 11.0. The molecule has 1 N–H and O–H groups in total. The molecule has 1 aromatic carbocycles. The first-order valence-electron chi connectivity index (χ1n) is 6.90. The van der Waals surface area contributed by atoms with Crippen LogP contribution in [0.3, 0.4) is 0 Å². The molecule has 0 aromatic heterocycles. The van der Waals surface area contributed by atoms with Gasteiger partial charge < -0.3 is 10.1 Å². The van der Waals surface area contributed by atoms with Crippen LogP contribution in [0.15, 0.2) is 24.3 Å². The van der Waals surface area contributed by atoms with Gasteiger partial charge in [-0.3, -0.25) is 0 Å². The molecule has 100 valence electrons. The summed E-state index contributed by atoms with van der Waals surface area (Å²) in [4.78, 5) is 0. The minimum Gasteiger partial charge on any atom is -0.378 e. The number of ether oxygens (including phenoxy) is 1. The van der Waals surface area contributed by atoms with Crippen molar-refractivity contribution in [2.24, 2.45) is 0 Å². The zero-order chi connectivity index (χ0) is 12.8. The van der Waals surface area contributed by atoms with E-state index in [2.05, 4.69) is 24.4 Å². The van der Waals surface area contributed by atoms with Gasteiger partial charge in [-0.1, -0.05) is 30.7 Å². The molecule has 0 amide bonds. The van der Waals surface area contributed by atoms with Crippen LogP contribution in [0.5, 0.6) is 0 Å². The van der Waals surface area contributed by atoms with Crippen molar-refractivity contribution in [2.75, 3.05) is 13.2 Å². The number of hydrogen-bond donors (Lipinski definition) is 1. The van der Waals surface area contributed by atoms with E-state index < -0.39 is 0 Å². The highest BCUT2D eigenvalue weighted by Crippen LogP contribution is 2.25. The van der Waals surface area contributed by atoms with Crippen LogP contribution < -0.4 is 5.32 Å². The summed E-state index contributed by atoms with van der Waals surface area (Å²) in [6.07, 6.45) is 5.14. The van der Waals surface area contributed by atoms with Crippen molar-refractivity contribution in [1.82, 2.24) is 5.32 Å². The molecule has 0 aliphatic carbocycles. The highest BCUT2D eigenvalue weighted by Gasteiger charge is 2.18. The zero-order valence-corrected chi connectivity index (χ0v) is 11.7. The normalized spacial score (nSPS) is 21.1. The quantitative estimate of drug-likeness (QED) is 0.843. The summed E-state index contributed by atoms with van der Waals surface area (Å²) in [5.74, 6) is 0. The van der Waals surface area contributed by atoms with E-state index in [0.29, 0.717) is 12.1 Å². The van der Waals surface area contributed by atoms with Crippen LogP contribution in [0.4, 0.5) is 0 Å². The summed E-state index contributed by atoms with van der Waals surface area (Å²) in [5, 5.41) is 4.35. The number of hydrogen-bond acceptors (Lipinski definition) is 2. The number of rotatable bonds is 6. The Hall–Kier alpha value is -0.570. The van der Waals surface area contributed by atoms with Gasteiger partial charge in [-0.15, -0.1) is 0 Å². The van der Waals surface area contributed by atoms with Crippen LogP contribution in [0.1, 0.15) is 44.2 Å². The summed E-state index contributed by atoms with van der Waals surface area (Å²) in [7, 11) is 0. The summed E-state index contributed by atoms with van der Waals surface area (Å²) < 4.78 is 5.69. The molecule has 2 atom stereocenters. The highest BCUT2D eigenvalue weighted by molar-refractivity contribution is 6.30. The maximum absolute atomic E-state index is 6.06. The smallest absolute Gasteiger partial charge is 0.0576 e. The average molecular weight is 268 g/mol. The summed E-state index contributed by atoms with van der Waals surface area (Å²) in [6, 6.07) is 8.54. The molecule has 0 radical (unpaired) electrons. The average Bonchev–Trinajstić information content (AvgIpc) is 2.87. The van der Waals surface area contributed by atoms with Gasteiger partial charge in [-0.2, -0.15) is 0 Å². The third kappa shape index (κ3) is 3.98. The Morgan fingerprint density at radius 2 is 2.39 bits per heavy atom. The van der Waals surface area contributed by atoms with Gasteiger partial charge in [0.05, 0.1) is 6.10 Å². The second-order valence-corrected chi connectivity index (χ2v) is 5.31. The first kappa shape index (κ1) is 13.9. The molecule has 18 heavy (non-hydrogen) atoms. The molecule has 1 aromatic rings. The second-order valence-electron chi connectivity index (χ2n) is 4.88. The third-order valence-corrected chi connectivity index (χ3v) is 3.74. The van der Waals surface area contributed by atoms with E-state index in [0.717, 1.165) is 31.0 Å². The van der Waals surface area contributed by atoms with Crippen molar-refractivity contribution in [2.45, 2.75) is 44.8 Å². The van der Waals surface area contributed by atoms with E-state index in [4.69, 9.17) is 16.3 Å². The first-order chi connectivity index (χ1) is 8.79. The van der Waals surface area contributed by atoms with E-state index in [9.17, 15) is 0 Å². The van der Waals surface area contributed by atoms with Crippen molar-refractivity contribution in [3.63, 3.8) is 0 Å². The number of benzene rings is 1. The Balaban J connectivity index is 1.94. The number of nitrogens with one attached hydrogen (secondary N) is 1. The minimum absolute atomic E-state index is 0.387. The maximum Gasteiger partial charge on any atom is 0.0576 e. The fourth-order valence-corrected chi connectivity index (χ4v) is 2.78. The maximum atomic E-state index is 6.06. The summed E-state index contributed by atoms with van der Waals surface area (Å²) in [5.41, 5.74) is 1.28. The van der Waals surface area contributed by atoms with Gasteiger partial charge in [0.2, 0.25) is 0 Å². The molecule has 2 unspecified atom stereocenters. The topological polar surface area (TPSA) is 21.3 Å². The molecule has 2 rings (SSSR count). The molecular formula is C15H22ClNO. The summed E-state index contributed by atoms with van der Waals surface area (Å²) >= 11 is 6.06. The SMILES string of the molecule is CCNC(CCC1CCCO1)c1cccc(Cl)c1. The van der Waals surface area contributed by atoms with Crippen molar-refractivity contribution < 1.29 is 4.74 Å². The predicted molar refractivity (Wildman–Crippen MR) is 76.1 cm³/mol. The van der Waals surface area contributed by atoms with Gasteiger partial charge in [0.1, 0.15) is 0 Å². The molecule has 1 aliphatic heterocycles. The van der Waals surface area contributed by atoms with Crippen LogP contribution in [0.2, 0.25) is 5.02 Å². The predicted octanol–water partition coefficient (Wildman–Crippen LogP) is 3.95. The van der Waals surface area contributed by atoms with Crippen LogP contribution in [0.25, 0.3) is 0 Å². The molecule has 0 spiro atoms. The van der Waals surface area contributed by atoms with Crippen LogP contribution in [-0.4, -0.2) is 19.3 Å². The lowest BCUT2D eigenvalue weighted by Crippen LogP contribution is -2.22. The van der Waals surface area contributed by atoms with E-state index >= 15 is 0 Å². The van der Waals surface area contributed by atoms with Crippen molar-refractivity contribution in [1.29, 1.82) is 0 Å². The molecule has 0 bridgehead atoms. The highest BCUT2D eigenvalue weighted by atomic mass is 35.5. The van der Waals surface area contributed by atoms with Crippen LogP contribution >= 0.6 is 11.6 Å². The Labute approximate surface area is 115 Å². The van der Waals surface area contributed by atoms with Crippen LogP contribution in [0, 0.1) is 0 Å². The van der Waals surface area contributed by atoms with Gasteiger partial charge in [-0.25, -0.2) is 0 Å². The molecule has 1 aliphatic rings. The molecular weight excluding hydrogens is 246 g/mol. The Morgan fingerprint density at radius 1 is 1.50 bits per heavy atom. The fraction of sp³-hybridized carbons (Fsp3) is 0.600. The third-order valence-electron chi connectivity index (χ3n) is 3.50. The van der Waals surface area contributed by atoms with E-state index in [1.807, 2.05) is 12.1 Å². The van der Waals surface area contributed by atoms with E-state index in [1.54, 1.807) is 0 Å². The fourth-order valence-electron chi connectivity index (χ4n) is 2.58. The Kier molecular flexibility index (Phi) is 5.48. The molecule has 1 heterocycles. The van der Waals surface area contributed by atoms with Crippen molar-refractivity contribution in [3.8, 4) is 0 Å². The largest absolute Gasteiger partial charge is 0.378 e. The van der Waals surface area contributed by atoms with Crippen molar-refractivity contribution in [3.05, 3.63) is 34.9 Å². The van der Waals surface area contributed by atoms with Crippen LogP contribution in [-0.2, 0) is 4.74 Å². The molecule has 2 nitrogen and oxygen atoms in total. The lowest BCUT2D eigenvalue weighted by atomic mass is 9.99. The number of halogens is 1. The minimum atomic E-state index is 0.387. The molecule has 1 fully saturated rings. The summed E-state index contributed by atoms with van der Waals surface area (Å²) in [6.45, 7) is 4.06. The monoisotopic (exact) mass is 267 g/mol. The van der Waals surface area contributed by atoms with E-state index in [-0.39, 0.29) is 0 Å². The molecule has 0 saturated carbocycles. The van der Waals surface area contributed by atoms with Gasteiger partial charge in [0.15, 0.2) is 0 Å². The molecule has 3 heteroatoms. The van der Waals surface area contributed by atoms with Gasteiger partial charge in [-0.05, 0) is 49.9 Å². The van der Waals surface area contributed by atoms with Gasteiger partial charge in [0.25, 0.3) is 0 Å². The molecule has 1 saturated heterocycles. The lowest BCUT2D eigenvalue weighted by Gasteiger charge is -2.20.